The van der Waals surface area contributed by atoms with Crippen molar-refractivity contribution >= 4 is 16.7 Å². The van der Waals surface area contributed by atoms with Gasteiger partial charge in [-0.3, -0.25) is 4.79 Å². The van der Waals surface area contributed by atoms with E-state index in [0.29, 0.717) is 23.1 Å². The van der Waals surface area contributed by atoms with E-state index >= 15 is 0 Å². The number of rotatable bonds is 2. The van der Waals surface area contributed by atoms with E-state index in [2.05, 4.69) is 28.1 Å². The third-order valence-electron chi connectivity index (χ3n) is 7.19. The second-order valence-electron chi connectivity index (χ2n) is 9.03. The average molecular weight is 437 g/mol. The van der Waals surface area contributed by atoms with Gasteiger partial charge in [-0.2, -0.15) is 10.4 Å². The van der Waals surface area contributed by atoms with Crippen LogP contribution in [0.3, 0.4) is 0 Å². The normalized spacial score (nSPS) is 21.9. The number of piperidine rings is 1. The molecule has 0 saturated carbocycles. The molecule has 0 radical (unpaired) electrons. The van der Waals surface area contributed by atoms with Crippen LogP contribution in [0.5, 0.6) is 0 Å². The number of aryl methyl sites for hydroxylation is 1. The molecule has 164 valence electrons. The van der Waals surface area contributed by atoms with Gasteiger partial charge >= 0.3 is 0 Å². The Balaban J connectivity index is 1.59. The first kappa shape index (κ1) is 19.7. The van der Waals surface area contributed by atoms with Crippen LogP contribution in [0.4, 0.5) is 5.82 Å². The van der Waals surface area contributed by atoms with Gasteiger partial charge in [0.1, 0.15) is 17.1 Å². The van der Waals surface area contributed by atoms with E-state index in [-0.39, 0.29) is 11.6 Å². The van der Waals surface area contributed by atoms with Crippen molar-refractivity contribution in [3.05, 3.63) is 82.0 Å². The molecule has 6 rings (SSSR count). The van der Waals surface area contributed by atoms with Crippen LogP contribution in [0, 0.1) is 18.3 Å². The fraction of sp³-hybridized carbons (Fsp3) is 0.308. The Labute approximate surface area is 191 Å². The third kappa shape index (κ3) is 2.83. The number of benzene rings is 2. The molecule has 1 N–H and O–H groups in total. The van der Waals surface area contributed by atoms with Gasteiger partial charge in [0, 0.05) is 18.5 Å². The van der Waals surface area contributed by atoms with Gasteiger partial charge in [-0.05, 0) is 50.5 Å². The molecule has 4 aromatic rings. The Morgan fingerprint density at radius 1 is 1.12 bits per heavy atom. The molecular formula is C26H24N6O. The zero-order chi connectivity index (χ0) is 22.6. The molecule has 7 heteroatoms. The number of fused-ring (bicyclic) bond motifs is 4. The zero-order valence-electron chi connectivity index (χ0n) is 18.5. The molecule has 33 heavy (non-hydrogen) atoms. The first-order valence-corrected chi connectivity index (χ1v) is 11.4. The van der Waals surface area contributed by atoms with Crippen molar-refractivity contribution in [2.75, 3.05) is 11.4 Å². The summed E-state index contributed by atoms with van der Waals surface area (Å²) in [6, 6.07) is 20.0. The Morgan fingerprint density at radius 2 is 1.91 bits per heavy atom. The van der Waals surface area contributed by atoms with E-state index in [1.807, 2.05) is 48.0 Å². The first-order chi connectivity index (χ1) is 16.1. The van der Waals surface area contributed by atoms with Gasteiger partial charge in [-0.1, -0.05) is 30.3 Å². The van der Waals surface area contributed by atoms with Crippen LogP contribution in [-0.2, 0) is 11.8 Å². The Hall–Kier alpha value is -3.92. The topological polar surface area (TPSA) is 90.6 Å². The predicted octanol–water partition coefficient (Wildman–Crippen LogP) is 3.79. The van der Waals surface area contributed by atoms with Crippen molar-refractivity contribution < 1.29 is 0 Å². The molecule has 4 heterocycles. The lowest BCUT2D eigenvalue weighted by Gasteiger charge is -2.49. The van der Waals surface area contributed by atoms with Crippen molar-refractivity contribution in [2.24, 2.45) is 0 Å². The zero-order valence-corrected chi connectivity index (χ0v) is 18.5. The van der Waals surface area contributed by atoms with E-state index in [1.54, 1.807) is 6.07 Å². The van der Waals surface area contributed by atoms with Gasteiger partial charge in [-0.25, -0.2) is 9.67 Å². The molecule has 2 atom stereocenters. The summed E-state index contributed by atoms with van der Waals surface area (Å²) in [6.07, 6.45) is 3.43. The number of nitrogens with zero attached hydrogens (tertiary/aromatic N) is 5. The highest BCUT2D eigenvalue weighted by Crippen LogP contribution is 2.47. The standard InChI is InChI=1S/C26H24N6O/c1-17-20-15-26(16-27,25-28-21-12-6-5-11-19(21)23(33)29-25)22-13-7-8-14-31(22)24(20)32(30-17)18-9-3-2-4-10-18/h2-6,9-12,22H,7-8,13-15H2,1H3,(H,28,29,33)/t22-,26+/m0/s1. The van der Waals surface area contributed by atoms with Crippen molar-refractivity contribution in [3.8, 4) is 11.8 Å². The van der Waals surface area contributed by atoms with Gasteiger partial charge in [0.2, 0.25) is 0 Å². The van der Waals surface area contributed by atoms with Crippen molar-refractivity contribution in [1.29, 1.82) is 5.26 Å². The van der Waals surface area contributed by atoms with E-state index in [1.165, 1.54) is 0 Å². The van der Waals surface area contributed by atoms with Crippen molar-refractivity contribution in [3.63, 3.8) is 0 Å². The van der Waals surface area contributed by atoms with Crippen LogP contribution in [0.2, 0.25) is 0 Å². The quantitative estimate of drug-likeness (QED) is 0.516. The molecule has 2 aromatic carbocycles. The molecule has 0 amide bonds. The maximum absolute atomic E-state index is 12.9. The number of anilines is 1. The lowest BCUT2D eigenvalue weighted by Crippen LogP contribution is -2.58. The first-order valence-electron chi connectivity index (χ1n) is 11.4. The minimum Gasteiger partial charge on any atom is -0.351 e. The average Bonchev–Trinajstić information content (AvgIpc) is 3.20. The van der Waals surface area contributed by atoms with Gasteiger partial charge in [0.15, 0.2) is 0 Å². The summed E-state index contributed by atoms with van der Waals surface area (Å²) < 4.78 is 2.01. The molecular weight excluding hydrogens is 412 g/mol. The monoisotopic (exact) mass is 436 g/mol. The second-order valence-corrected chi connectivity index (χ2v) is 9.03. The van der Waals surface area contributed by atoms with Crippen LogP contribution in [0.25, 0.3) is 16.6 Å². The van der Waals surface area contributed by atoms with Crippen LogP contribution in [0.15, 0.2) is 59.4 Å². The highest BCUT2D eigenvalue weighted by molar-refractivity contribution is 5.77. The van der Waals surface area contributed by atoms with Crippen LogP contribution in [-0.4, -0.2) is 32.3 Å². The molecule has 0 unspecified atom stereocenters. The number of para-hydroxylation sites is 2. The molecule has 0 bridgehead atoms. The van der Waals surface area contributed by atoms with Crippen molar-refractivity contribution in [2.45, 2.75) is 44.1 Å². The molecule has 2 aromatic heterocycles. The van der Waals surface area contributed by atoms with E-state index in [4.69, 9.17) is 10.1 Å². The highest BCUT2D eigenvalue weighted by Gasteiger charge is 2.53. The molecule has 2 aliphatic heterocycles. The fourth-order valence-corrected chi connectivity index (χ4v) is 5.60. The fourth-order valence-electron chi connectivity index (χ4n) is 5.60. The summed E-state index contributed by atoms with van der Waals surface area (Å²) in [4.78, 5) is 23.1. The molecule has 1 fully saturated rings. The lowest BCUT2D eigenvalue weighted by molar-refractivity contribution is 0.309. The SMILES string of the molecule is Cc1nn(-c2ccccc2)c2c1C[C@](C#N)(c1nc3ccccc3c(=O)[nH]1)[C@@H]1CCCCN21. The van der Waals surface area contributed by atoms with Crippen LogP contribution >= 0.6 is 0 Å². The third-order valence-corrected chi connectivity index (χ3v) is 7.19. The largest absolute Gasteiger partial charge is 0.351 e. The molecule has 7 nitrogen and oxygen atoms in total. The minimum atomic E-state index is -0.952. The number of hydrogen-bond acceptors (Lipinski definition) is 5. The van der Waals surface area contributed by atoms with Gasteiger partial charge in [0.05, 0.1) is 34.4 Å². The number of nitrogens with one attached hydrogen (secondary N) is 1. The molecule has 0 spiro atoms. The molecule has 0 aliphatic carbocycles. The maximum atomic E-state index is 12.9. The number of aromatic nitrogens is 4. The smallest absolute Gasteiger partial charge is 0.258 e. The Kier molecular flexibility index (Phi) is 4.37. The Morgan fingerprint density at radius 3 is 2.73 bits per heavy atom. The molecule has 2 aliphatic rings. The minimum absolute atomic E-state index is 0.0911. The van der Waals surface area contributed by atoms with E-state index < -0.39 is 5.41 Å². The summed E-state index contributed by atoms with van der Waals surface area (Å²) in [6.45, 7) is 2.85. The summed E-state index contributed by atoms with van der Waals surface area (Å²) in [7, 11) is 0. The van der Waals surface area contributed by atoms with E-state index in [9.17, 15) is 10.1 Å². The summed E-state index contributed by atoms with van der Waals surface area (Å²) in [5.74, 6) is 1.53. The number of nitriles is 1. The van der Waals surface area contributed by atoms with Gasteiger partial charge in [-0.15, -0.1) is 0 Å². The number of H-pyrrole nitrogens is 1. The number of aromatic amines is 1. The van der Waals surface area contributed by atoms with Crippen molar-refractivity contribution in [1.82, 2.24) is 19.7 Å². The predicted molar refractivity (Wildman–Crippen MR) is 127 cm³/mol. The van der Waals surface area contributed by atoms with E-state index in [0.717, 1.165) is 48.6 Å². The summed E-state index contributed by atoms with van der Waals surface area (Å²) in [5, 5.41) is 16.1. The lowest BCUT2D eigenvalue weighted by atomic mass is 9.69. The second kappa shape index (κ2) is 7.31. The highest BCUT2D eigenvalue weighted by atomic mass is 16.1. The Bertz CT molecular complexity index is 1460. The van der Waals surface area contributed by atoms with Gasteiger partial charge in [0.25, 0.3) is 5.56 Å². The van der Waals surface area contributed by atoms with Gasteiger partial charge < -0.3 is 9.88 Å². The summed E-state index contributed by atoms with van der Waals surface area (Å²) in [5.41, 5.74) is 2.43. The summed E-state index contributed by atoms with van der Waals surface area (Å²) >= 11 is 0. The van der Waals surface area contributed by atoms with Crippen LogP contribution in [0.1, 0.15) is 36.3 Å². The maximum Gasteiger partial charge on any atom is 0.258 e. The van der Waals surface area contributed by atoms with Crippen LogP contribution < -0.4 is 10.5 Å². The molecule has 1 saturated heterocycles. The number of hydrogen-bond donors (Lipinski definition) is 1.